The van der Waals surface area contributed by atoms with Crippen LogP contribution in [0.15, 0.2) is 55.0 Å². The van der Waals surface area contributed by atoms with E-state index in [1.165, 1.54) is 6.20 Å². The quantitative estimate of drug-likeness (QED) is 0.649. The van der Waals surface area contributed by atoms with Gasteiger partial charge in [0.1, 0.15) is 11.6 Å². The highest BCUT2D eigenvalue weighted by molar-refractivity contribution is 6.05. The number of amides is 2. The van der Waals surface area contributed by atoms with Crippen LogP contribution in [0, 0.1) is 12.8 Å². The third-order valence-electron chi connectivity index (χ3n) is 5.03. The SMILES string of the molecule is COc1cccc(-c2cncc(NC(=O)c3ccnc(NC(=O)C4CC4)c3)c2)c1C. The van der Waals surface area contributed by atoms with E-state index in [1.807, 2.05) is 31.2 Å². The van der Waals surface area contributed by atoms with Crippen molar-refractivity contribution >= 4 is 23.3 Å². The second kappa shape index (κ2) is 8.32. The molecule has 0 aliphatic heterocycles. The Hall–Kier alpha value is -3.74. The van der Waals surface area contributed by atoms with Gasteiger partial charge in [-0.3, -0.25) is 14.6 Å². The number of carbonyl (C=O) groups excluding carboxylic acids is 2. The summed E-state index contributed by atoms with van der Waals surface area (Å²) in [5.74, 6) is 0.877. The Morgan fingerprint density at radius 2 is 1.93 bits per heavy atom. The molecular weight excluding hydrogens is 380 g/mol. The van der Waals surface area contributed by atoms with E-state index in [4.69, 9.17) is 4.74 Å². The monoisotopic (exact) mass is 402 g/mol. The van der Waals surface area contributed by atoms with Crippen LogP contribution in [0.4, 0.5) is 11.5 Å². The summed E-state index contributed by atoms with van der Waals surface area (Å²) in [5.41, 5.74) is 3.82. The zero-order valence-corrected chi connectivity index (χ0v) is 16.8. The number of nitrogens with zero attached hydrogens (tertiary/aromatic N) is 2. The van der Waals surface area contributed by atoms with Crippen molar-refractivity contribution in [3.05, 3.63) is 66.1 Å². The summed E-state index contributed by atoms with van der Waals surface area (Å²) in [7, 11) is 1.64. The maximum absolute atomic E-state index is 12.7. The average molecular weight is 402 g/mol. The van der Waals surface area contributed by atoms with Gasteiger partial charge in [-0.1, -0.05) is 12.1 Å². The Bertz CT molecular complexity index is 1110. The van der Waals surface area contributed by atoms with E-state index in [9.17, 15) is 9.59 Å². The van der Waals surface area contributed by atoms with Crippen molar-refractivity contribution < 1.29 is 14.3 Å². The fourth-order valence-corrected chi connectivity index (χ4v) is 3.22. The number of methoxy groups -OCH3 is 1. The number of ether oxygens (including phenoxy) is 1. The van der Waals surface area contributed by atoms with E-state index in [1.54, 1.807) is 31.6 Å². The lowest BCUT2D eigenvalue weighted by molar-refractivity contribution is -0.117. The number of nitrogens with one attached hydrogen (secondary N) is 2. The van der Waals surface area contributed by atoms with Gasteiger partial charge in [0.2, 0.25) is 5.91 Å². The van der Waals surface area contributed by atoms with Crippen LogP contribution in [0.1, 0.15) is 28.8 Å². The van der Waals surface area contributed by atoms with Gasteiger partial charge in [0.15, 0.2) is 0 Å². The lowest BCUT2D eigenvalue weighted by Gasteiger charge is -2.12. The first-order chi connectivity index (χ1) is 14.5. The van der Waals surface area contributed by atoms with Gasteiger partial charge in [-0.2, -0.15) is 0 Å². The lowest BCUT2D eigenvalue weighted by Crippen LogP contribution is -2.16. The van der Waals surface area contributed by atoms with E-state index in [2.05, 4.69) is 20.6 Å². The zero-order valence-electron chi connectivity index (χ0n) is 16.8. The van der Waals surface area contributed by atoms with Crippen LogP contribution < -0.4 is 15.4 Å². The fourth-order valence-electron chi connectivity index (χ4n) is 3.22. The van der Waals surface area contributed by atoms with Crippen LogP contribution in [-0.4, -0.2) is 28.9 Å². The molecule has 2 N–H and O–H groups in total. The highest BCUT2D eigenvalue weighted by Crippen LogP contribution is 2.31. The number of benzene rings is 1. The molecule has 7 heteroatoms. The molecular formula is C23H22N4O3. The molecule has 3 aromatic rings. The molecule has 1 aromatic carbocycles. The Labute approximate surface area is 174 Å². The van der Waals surface area contributed by atoms with Crippen molar-refractivity contribution in [2.24, 2.45) is 5.92 Å². The minimum atomic E-state index is -0.305. The summed E-state index contributed by atoms with van der Waals surface area (Å²) in [5, 5.41) is 5.62. The van der Waals surface area contributed by atoms with E-state index >= 15 is 0 Å². The van der Waals surface area contributed by atoms with Gasteiger partial charge in [-0.05, 0) is 55.2 Å². The first kappa shape index (κ1) is 19.6. The van der Waals surface area contributed by atoms with Gasteiger partial charge in [-0.15, -0.1) is 0 Å². The molecule has 2 heterocycles. The summed E-state index contributed by atoms with van der Waals surface area (Å²) in [4.78, 5) is 33.0. The van der Waals surface area contributed by atoms with Crippen molar-refractivity contribution in [3.63, 3.8) is 0 Å². The molecule has 1 aliphatic carbocycles. The van der Waals surface area contributed by atoms with Gasteiger partial charge < -0.3 is 15.4 Å². The Morgan fingerprint density at radius 3 is 2.70 bits per heavy atom. The molecule has 0 unspecified atom stereocenters. The minimum absolute atomic E-state index is 0.0504. The first-order valence-electron chi connectivity index (χ1n) is 9.72. The zero-order chi connectivity index (χ0) is 21.1. The number of hydrogen-bond acceptors (Lipinski definition) is 5. The normalized spacial score (nSPS) is 12.9. The maximum atomic E-state index is 12.7. The fraction of sp³-hybridized carbons (Fsp3) is 0.217. The third-order valence-corrected chi connectivity index (χ3v) is 5.03. The van der Waals surface area contributed by atoms with Crippen LogP contribution >= 0.6 is 0 Å². The minimum Gasteiger partial charge on any atom is -0.496 e. The summed E-state index contributed by atoms with van der Waals surface area (Å²) in [6.45, 7) is 1.98. The van der Waals surface area contributed by atoms with Crippen molar-refractivity contribution in [3.8, 4) is 16.9 Å². The second-order valence-corrected chi connectivity index (χ2v) is 7.24. The second-order valence-electron chi connectivity index (χ2n) is 7.24. The molecule has 0 saturated heterocycles. The van der Waals surface area contributed by atoms with Crippen LogP contribution in [0.2, 0.25) is 0 Å². The molecule has 4 rings (SSSR count). The van der Waals surface area contributed by atoms with E-state index in [-0.39, 0.29) is 17.7 Å². The summed E-state index contributed by atoms with van der Waals surface area (Å²) in [6, 6.07) is 10.8. The molecule has 1 saturated carbocycles. The molecule has 0 radical (unpaired) electrons. The topological polar surface area (TPSA) is 93.2 Å². The van der Waals surface area contributed by atoms with Crippen molar-refractivity contribution in [1.29, 1.82) is 0 Å². The predicted molar refractivity (Wildman–Crippen MR) is 115 cm³/mol. The van der Waals surface area contributed by atoms with E-state index < -0.39 is 0 Å². The third kappa shape index (κ3) is 4.30. The van der Waals surface area contributed by atoms with Crippen molar-refractivity contribution in [1.82, 2.24) is 9.97 Å². The van der Waals surface area contributed by atoms with E-state index in [0.717, 1.165) is 35.3 Å². The Balaban J connectivity index is 1.52. The highest BCUT2D eigenvalue weighted by Gasteiger charge is 2.29. The first-order valence-corrected chi connectivity index (χ1v) is 9.72. The number of aromatic nitrogens is 2. The summed E-state index contributed by atoms with van der Waals surface area (Å²) >= 11 is 0. The van der Waals surface area contributed by atoms with Gasteiger partial charge >= 0.3 is 0 Å². The molecule has 1 fully saturated rings. The summed E-state index contributed by atoms with van der Waals surface area (Å²) < 4.78 is 5.39. The molecule has 0 atom stereocenters. The molecule has 2 aromatic heterocycles. The number of hydrogen-bond donors (Lipinski definition) is 2. The molecule has 2 amide bonds. The van der Waals surface area contributed by atoms with Gasteiger partial charge in [0, 0.05) is 29.4 Å². The van der Waals surface area contributed by atoms with Crippen LogP contribution in [0.5, 0.6) is 5.75 Å². The van der Waals surface area contributed by atoms with Gasteiger partial charge in [0.05, 0.1) is 19.0 Å². The van der Waals surface area contributed by atoms with Crippen LogP contribution in [0.3, 0.4) is 0 Å². The maximum Gasteiger partial charge on any atom is 0.255 e. The van der Waals surface area contributed by atoms with Gasteiger partial charge in [0.25, 0.3) is 5.91 Å². The van der Waals surface area contributed by atoms with Gasteiger partial charge in [-0.25, -0.2) is 4.98 Å². The number of pyridine rings is 2. The number of carbonyl (C=O) groups is 2. The van der Waals surface area contributed by atoms with Crippen molar-refractivity contribution in [2.45, 2.75) is 19.8 Å². The number of rotatable bonds is 6. The van der Waals surface area contributed by atoms with Crippen LogP contribution in [-0.2, 0) is 4.79 Å². The van der Waals surface area contributed by atoms with E-state index in [0.29, 0.717) is 17.1 Å². The number of anilines is 2. The average Bonchev–Trinajstić information content (AvgIpc) is 3.60. The standard InChI is InChI=1S/C23H22N4O3/c1-14-19(4-3-5-20(14)30-2)17-10-18(13-24-12-17)26-23(29)16-8-9-25-21(11-16)27-22(28)15-6-7-15/h3-5,8-13,15H,6-7H2,1-2H3,(H,26,29)(H,25,27,28). The largest absolute Gasteiger partial charge is 0.496 e. The summed E-state index contributed by atoms with van der Waals surface area (Å²) in [6.07, 6.45) is 6.65. The molecule has 0 spiro atoms. The van der Waals surface area contributed by atoms with Crippen LogP contribution in [0.25, 0.3) is 11.1 Å². The Morgan fingerprint density at radius 1 is 1.10 bits per heavy atom. The molecule has 30 heavy (non-hydrogen) atoms. The molecule has 152 valence electrons. The predicted octanol–water partition coefficient (Wildman–Crippen LogP) is 4.06. The Kier molecular flexibility index (Phi) is 5.43. The molecule has 7 nitrogen and oxygen atoms in total. The van der Waals surface area contributed by atoms with Crippen molar-refractivity contribution in [2.75, 3.05) is 17.7 Å². The molecule has 0 bridgehead atoms. The highest BCUT2D eigenvalue weighted by atomic mass is 16.5. The molecule has 1 aliphatic rings. The lowest BCUT2D eigenvalue weighted by atomic mass is 10.0. The smallest absolute Gasteiger partial charge is 0.255 e.